The summed E-state index contributed by atoms with van der Waals surface area (Å²) in [5, 5.41) is 3.44. The fraction of sp³-hybridized carbons (Fsp3) is 0.500. The predicted octanol–water partition coefficient (Wildman–Crippen LogP) is 2.59. The highest BCUT2D eigenvalue weighted by Crippen LogP contribution is 2.20. The molecule has 0 unspecified atom stereocenters. The highest BCUT2D eigenvalue weighted by atomic mass is 16.5. The van der Waals surface area contributed by atoms with E-state index in [4.69, 9.17) is 4.74 Å². The Kier molecular flexibility index (Phi) is 6.28. The van der Waals surface area contributed by atoms with Crippen LogP contribution in [-0.2, 0) is 6.42 Å². The van der Waals surface area contributed by atoms with Gasteiger partial charge in [0.1, 0.15) is 23.2 Å². The Bertz CT molecular complexity index is 713. The molecule has 0 saturated carbocycles. The van der Waals surface area contributed by atoms with Crippen LogP contribution in [0.3, 0.4) is 0 Å². The Morgan fingerprint density at radius 3 is 2.62 bits per heavy atom. The lowest BCUT2D eigenvalue weighted by molar-refractivity contribution is 0.270. The van der Waals surface area contributed by atoms with Gasteiger partial charge in [0.2, 0.25) is 0 Å². The van der Waals surface area contributed by atoms with E-state index < -0.39 is 0 Å². The normalized spacial score (nSPS) is 15.1. The van der Waals surface area contributed by atoms with Crippen molar-refractivity contribution < 1.29 is 4.74 Å². The minimum Gasteiger partial charge on any atom is -0.496 e. The molecule has 2 heterocycles. The molecule has 0 radical (unpaired) electrons. The Morgan fingerprint density at radius 2 is 1.88 bits per heavy atom. The molecule has 0 spiro atoms. The number of hydrogen-bond acceptors (Lipinski definition) is 6. The molecule has 6 heteroatoms. The number of nitrogens with zero attached hydrogens (tertiary/aromatic N) is 4. The van der Waals surface area contributed by atoms with Crippen molar-refractivity contribution in [3.05, 3.63) is 41.7 Å². The molecule has 1 aromatic heterocycles. The molecule has 0 aliphatic carbocycles. The van der Waals surface area contributed by atoms with Crippen LogP contribution in [0.1, 0.15) is 18.3 Å². The average molecular weight is 355 g/mol. The fourth-order valence-corrected chi connectivity index (χ4v) is 3.33. The van der Waals surface area contributed by atoms with Gasteiger partial charge in [-0.2, -0.15) is 0 Å². The highest BCUT2D eigenvalue weighted by Gasteiger charge is 2.17. The maximum atomic E-state index is 5.42. The van der Waals surface area contributed by atoms with E-state index in [9.17, 15) is 0 Å². The van der Waals surface area contributed by atoms with Crippen molar-refractivity contribution in [1.29, 1.82) is 0 Å². The topological polar surface area (TPSA) is 53.5 Å². The molecule has 1 aliphatic heterocycles. The SMILES string of the molecule is CCN1CCN(c2cc(NCCc3ccccc3OC)nc(C)n2)CC1. The van der Waals surface area contributed by atoms with Crippen LogP contribution in [0.2, 0.25) is 0 Å². The maximum absolute atomic E-state index is 5.42. The third-order valence-electron chi connectivity index (χ3n) is 4.86. The molecule has 1 N–H and O–H groups in total. The number of aryl methyl sites for hydroxylation is 1. The van der Waals surface area contributed by atoms with Crippen LogP contribution in [-0.4, -0.2) is 61.2 Å². The first kappa shape index (κ1) is 18.5. The molecular formula is C20H29N5O. The average Bonchev–Trinajstić information content (AvgIpc) is 2.68. The molecular weight excluding hydrogens is 326 g/mol. The van der Waals surface area contributed by atoms with Gasteiger partial charge in [-0.15, -0.1) is 0 Å². The number of rotatable bonds is 7. The lowest BCUT2D eigenvalue weighted by Crippen LogP contribution is -2.46. The van der Waals surface area contributed by atoms with E-state index in [1.54, 1.807) is 7.11 Å². The summed E-state index contributed by atoms with van der Waals surface area (Å²) in [6.45, 7) is 10.3. The highest BCUT2D eigenvalue weighted by molar-refractivity contribution is 5.50. The maximum Gasteiger partial charge on any atom is 0.134 e. The van der Waals surface area contributed by atoms with E-state index in [-0.39, 0.29) is 0 Å². The zero-order valence-corrected chi connectivity index (χ0v) is 16.0. The van der Waals surface area contributed by atoms with Gasteiger partial charge in [-0.05, 0) is 31.5 Å². The van der Waals surface area contributed by atoms with Crippen molar-refractivity contribution in [3.8, 4) is 5.75 Å². The number of aromatic nitrogens is 2. The van der Waals surface area contributed by atoms with Crippen molar-refractivity contribution in [2.45, 2.75) is 20.3 Å². The van der Waals surface area contributed by atoms with Gasteiger partial charge in [0, 0.05) is 38.8 Å². The molecule has 1 fully saturated rings. The van der Waals surface area contributed by atoms with Crippen LogP contribution in [0.4, 0.5) is 11.6 Å². The molecule has 1 aliphatic rings. The lowest BCUT2D eigenvalue weighted by atomic mass is 10.1. The van der Waals surface area contributed by atoms with E-state index >= 15 is 0 Å². The molecule has 6 nitrogen and oxygen atoms in total. The van der Waals surface area contributed by atoms with Gasteiger partial charge < -0.3 is 19.9 Å². The van der Waals surface area contributed by atoms with Gasteiger partial charge in [-0.25, -0.2) is 9.97 Å². The number of likely N-dealkylation sites (N-methyl/N-ethyl adjacent to an activating group) is 1. The number of benzene rings is 1. The van der Waals surface area contributed by atoms with Crippen LogP contribution < -0.4 is 15.0 Å². The summed E-state index contributed by atoms with van der Waals surface area (Å²) in [6.07, 6.45) is 0.886. The van der Waals surface area contributed by atoms with Gasteiger partial charge in [0.05, 0.1) is 7.11 Å². The summed E-state index contributed by atoms with van der Waals surface area (Å²) in [4.78, 5) is 14.0. The summed E-state index contributed by atoms with van der Waals surface area (Å²) in [5.74, 6) is 3.65. The number of nitrogens with one attached hydrogen (secondary N) is 1. The molecule has 140 valence electrons. The van der Waals surface area contributed by atoms with E-state index in [0.717, 1.165) is 68.9 Å². The van der Waals surface area contributed by atoms with Gasteiger partial charge in [-0.1, -0.05) is 25.1 Å². The first-order valence-corrected chi connectivity index (χ1v) is 9.38. The Morgan fingerprint density at radius 1 is 1.12 bits per heavy atom. The van der Waals surface area contributed by atoms with Crippen LogP contribution in [0, 0.1) is 6.92 Å². The number of hydrogen-bond donors (Lipinski definition) is 1. The summed E-state index contributed by atoms with van der Waals surface area (Å²) >= 11 is 0. The molecule has 3 rings (SSSR count). The first-order chi connectivity index (χ1) is 12.7. The van der Waals surface area contributed by atoms with Crippen LogP contribution in [0.5, 0.6) is 5.75 Å². The Balaban J connectivity index is 1.61. The number of methoxy groups -OCH3 is 1. The second-order valence-electron chi connectivity index (χ2n) is 6.57. The second kappa shape index (κ2) is 8.85. The van der Waals surface area contributed by atoms with Crippen molar-refractivity contribution >= 4 is 11.6 Å². The van der Waals surface area contributed by atoms with Gasteiger partial charge in [0.15, 0.2) is 0 Å². The molecule has 2 aromatic rings. The van der Waals surface area contributed by atoms with Gasteiger partial charge in [-0.3, -0.25) is 0 Å². The van der Waals surface area contributed by atoms with Gasteiger partial charge in [0.25, 0.3) is 0 Å². The third kappa shape index (κ3) is 4.64. The molecule has 1 aromatic carbocycles. The zero-order valence-electron chi connectivity index (χ0n) is 16.0. The van der Waals surface area contributed by atoms with Crippen LogP contribution in [0.25, 0.3) is 0 Å². The van der Waals surface area contributed by atoms with Crippen molar-refractivity contribution in [2.75, 3.05) is 56.6 Å². The lowest BCUT2D eigenvalue weighted by Gasteiger charge is -2.34. The molecule has 0 bridgehead atoms. The van der Waals surface area contributed by atoms with E-state index in [1.165, 1.54) is 5.56 Å². The largest absolute Gasteiger partial charge is 0.496 e. The first-order valence-electron chi connectivity index (χ1n) is 9.38. The predicted molar refractivity (Wildman–Crippen MR) is 106 cm³/mol. The number of anilines is 2. The smallest absolute Gasteiger partial charge is 0.134 e. The van der Waals surface area contributed by atoms with Gasteiger partial charge >= 0.3 is 0 Å². The minimum absolute atomic E-state index is 0.805. The van der Waals surface area contributed by atoms with Crippen molar-refractivity contribution in [2.24, 2.45) is 0 Å². The quantitative estimate of drug-likeness (QED) is 0.824. The Hall–Kier alpha value is -2.34. The summed E-state index contributed by atoms with van der Waals surface area (Å²) in [6, 6.07) is 10.2. The van der Waals surface area contributed by atoms with Crippen molar-refractivity contribution in [1.82, 2.24) is 14.9 Å². The summed E-state index contributed by atoms with van der Waals surface area (Å²) in [7, 11) is 1.71. The fourth-order valence-electron chi connectivity index (χ4n) is 3.33. The van der Waals surface area contributed by atoms with Crippen LogP contribution in [0.15, 0.2) is 30.3 Å². The van der Waals surface area contributed by atoms with E-state index in [0.29, 0.717) is 0 Å². The number of para-hydroxylation sites is 1. The second-order valence-corrected chi connectivity index (χ2v) is 6.57. The van der Waals surface area contributed by atoms with Crippen LogP contribution >= 0.6 is 0 Å². The molecule has 26 heavy (non-hydrogen) atoms. The van der Waals surface area contributed by atoms with E-state index in [2.05, 4.69) is 44.1 Å². The molecule has 0 amide bonds. The molecule has 0 atom stereocenters. The molecule has 1 saturated heterocycles. The minimum atomic E-state index is 0.805. The van der Waals surface area contributed by atoms with Crippen molar-refractivity contribution in [3.63, 3.8) is 0 Å². The number of ether oxygens (including phenoxy) is 1. The summed E-state index contributed by atoms with van der Waals surface area (Å²) < 4.78 is 5.42. The zero-order chi connectivity index (χ0) is 18.4. The standard InChI is InChI=1S/C20H29N5O/c1-4-24-11-13-25(14-12-24)20-15-19(22-16(2)23-20)21-10-9-17-7-5-6-8-18(17)26-3/h5-8,15H,4,9-14H2,1-3H3,(H,21,22,23). The monoisotopic (exact) mass is 355 g/mol. The number of piperazine rings is 1. The Labute approximate surface area is 156 Å². The third-order valence-corrected chi connectivity index (χ3v) is 4.86. The van der Waals surface area contributed by atoms with E-state index in [1.807, 2.05) is 25.1 Å². The summed E-state index contributed by atoms with van der Waals surface area (Å²) in [5.41, 5.74) is 1.20.